The van der Waals surface area contributed by atoms with Gasteiger partial charge in [-0.25, -0.2) is 0 Å². The van der Waals surface area contributed by atoms with Crippen molar-refractivity contribution in [3.05, 3.63) is 66.1 Å². The van der Waals surface area contributed by atoms with Crippen LogP contribution in [0.1, 0.15) is 11.3 Å². The summed E-state index contributed by atoms with van der Waals surface area (Å²) in [5.74, 6) is -0.0777. The molecule has 0 fully saturated rings. The summed E-state index contributed by atoms with van der Waals surface area (Å²) in [7, 11) is 0. The topological polar surface area (TPSA) is 78.0 Å². The third kappa shape index (κ3) is 4.00. The van der Waals surface area contributed by atoms with Crippen molar-refractivity contribution < 1.29 is 9.90 Å². The lowest BCUT2D eigenvalue weighted by atomic mass is 10.0. The number of aromatic amines is 1. The van der Waals surface area contributed by atoms with Gasteiger partial charge in [-0.3, -0.25) is 9.78 Å². The number of pyridine rings is 1. The lowest BCUT2D eigenvalue weighted by Crippen LogP contribution is -2.32. The molecule has 0 aliphatic heterocycles. The predicted molar refractivity (Wildman–Crippen MR) is 93.5 cm³/mol. The van der Waals surface area contributed by atoms with E-state index in [-0.39, 0.29) is 18.4 Å². The summed E-state index contributed by atoms with van der Waals surface area (Å²) < 4.78 is 0. The maximum Gasteiger partial charge on any atom is 0.224 e. The molecule has 0 aliphatic carbocycles. The lowest BCUT2D eigenvalue weighted by molar-refractivity contribution is -0.120. The average Bonchev–Trinajstić information content (AvgIpc) is 3.02. The molecule has 2 heterocycles. The van der Waals surface area contributed by atoms with Gasteiger partial charge in [0.1, 0.15) is 0 Å². The monoisotopic (exact) mass is 323 g/mol. The highest BCUT2D eigenvalue weighted by Gasteiger charge is 2.13. The molecular weight excluding hydrogens is 302 g/mol. The van der Waals surface area contributed by atoms with Crippen molar-refractivity contribution in [3.8, 4) is 0 Å². The fourth-order valence-electron chi connectivity index (χ4n) is 2.79. The van der Waals surface area contributed by atoms with E-state index >= 15 is 0 Å². The van der Waals surface area contributed by atoms with E-state index < -0.39 is 0 Å². The minimum atomic E-state index is -0.0424. The zero-order chi connectivity index (χ0) is 16.8. The fourth-order valence-corrected chi connectivity index (χ4v) is 2.79. The van der Waals surface area contributed by atoms with E-state index in [1.807, 2.05) is 48.7 Å². The van der Waals surface area contributed by atoms with Crippen LogP contribution in [0.2, 0.25) is 0 Å². The molecule has 1 atom stereocenters. The van der Waals surface area contributed by atoms with Crippen molar-refractivity contribution in [2.45, 2.75) is 12.8 Å². The minimum absolute atomic E-state index is 0.0178. The maximum absolute atomic E-state index is 12.2. The van der Waals surface area contributed by atoms with E-state index in [9.17, 15) is 9.90 Å². The molecular formula is C19H21N3O2. The molecule has 3 N–H and O–H groups in total. The number of amides is 1. The minimum Gasteiger partial charge on any atom is -0.396 e. The van der Waals surface area contributed by atoms with Crippen molar-refractivity contribution in [3.63, 3.8) is 0 Å². The molecule has 0 saturated heterocycles. The Bertz CT molecular complexity index is 798. The SMILES string of the molecule is O=C(Cc1c[nH]c2ccccc12)NCC(CO)Cc1ccccn1. The number of hydrogen-bond donors (Lipinski definition) is 3. The zero-order valence-corrected chi connectivity index (χ0v) is 13.4. The van der Waals surface area contributed by atoms with Crippen LogP contribution in [-0.2, 0) is 17.6 Å². The normalized spacial score (nSPS) is 12.2. The number of benzene rings is 1. The molecule has 1 unspecified atom stereocenters. The molecule has 2 aromatic heterocycles. The van der Waals surface area contributed by atoms with Crippen LogP contribution in [0.4, 0.5) is 0 Å². The smallest absolute Gasteiger partial charge is 0.224 e. The summed E-state index contributed by atoms with van der Waals surface area (Å²) in [5.41, 5.74) is 2.93. The fraction of sp³-hybridized carbons (Fsp3) is 0.263. The number of nitrogens with zero attached hydrogens (tertiary/aromatic N) is 1. The van der Waals surface area contributed by atoms with Crippen molar-refractivity contribution in [2.75, 3.05) is 13.2 Å². The number of nitrogens with one attached hydrogen (secondary N) is 2. The molecule has 0 bridgehead atoms. The first-order valence-electron chi connectivity index (χ1n) is 8.08. The molecule has 0 spiro atoms. The highest BCUT2D eigenvalue weighted by molar-refractivity contribution is 5.88. The van der Waals surface area contributed by atoms with Gasteiger partial charge >= 0.3 is 0 Å². The summed E-state index contributed by atoms with van der Waals surface area (Å²) >= 11 is 0. The number of hydrogen-bond acceptors (Lipinski definition) is 3. The zero-order valence-electron chi connectivity index (χ0n) is 13.4. The van der Waals surface area contributed by atoms with E-state index in [1.165, 1.54) is 0 Å². The van der Waals surface area contributed by atoms with Crippen molar-refractivity contribution in [2.24, 2.45) is 5.92 Å². The second-order valence-corrected chi connectivity index (χ2v) is 5.91. The lowest BCUT2D eigenvalue weighted by Gasteiger charge is -2.14. The van der Waals surface area contributed by atoms with Crippen LogP contribution in [0, 0.1) is 5.92 Å². The van der Waals surface area contributed by atoms with E-state index in [0.717, 1.165) is 22.2 Å². The first-order valence-corrected chi connectivity index (χ1v) is 8.08. The van der Waals surface area contributed by atoms with Gasteiger partial charge in [-0.2, -0.15) is 0 Å². The first kappa shape index (κ1) is 16.2. The van der Waals surface area contributed by atoms with E-state index in [0.29, 0.717) is 19.4 Å². The van der Waals surface area contributed by atoms with Crippen LogP contribution in [0.25, 0.3) is 10.9 Å². The Balaban J connectivity index is 1.54. The molecule has 0 aliphatic rings. The van der Waals surface area contributed by atoms with E-state index in [1.54, 1.807) is 6.20 Å². The number of carbonyl (C=O) groups excluding carboxylic acids is 1. The number of aromatic nitrogens is 2. The average molecular weight is 323 g/mol. The van der Waals surface area contributed by atoms with Crippen LogP contribution in [0.3, 0.4) is 0 Å². The third-order valence-corrected chi connectivity index (χ3v) is 4.10. The molecule has 3 rings (SSSR count). The van der Waals surface area contributed by atoms with Gasteiger partial charge in [0.15, 0.2) is 0 Å². The summed E-state index contributed by atoms with van der Waals surface area (Å²) in [6.45, 7) is 0.457. The third-order valence-electron chi connectivity index (χ3n) is 4.10. The number of H-pyrrole nitrogens is 1. The van der Waals surface area contributed by atoms with Crippen LogP contribution < -0.4 is 5.32 Å². The summed E-state index contributed by atoms with van der Waals surface area (Å²) in [5, 5.41) is 13.5. The van der Waals surface area contributed by atoms with Gasteiger partial charge in [0.05, 0.1) is 6.42 Å². The van der Waals surface area contributed by atoms with Crippen molar-refractivity contribution in [1.82, 2.24) is 15.3 Å². The second kappa shape index (κ2) is 7.75. The Kier molecular flexibility index (Phi) is 5.23. The summed E-state index contributed by atoms with van der Waals surface area (Å²) in [4.78, 5) is 19.6. The number of fused-ring (bicyclic) bond motifs is 1. The highest BCUT2D eigenvalue weighted by Crippen LogP contribution is 2.18. The summed E-state index contributed by atoms with van der Waals surface area (Å²) in [6.07, 6.45) is 4.58. The van der Waals surface area contributed by atoms with Crippen molar-refractivity contribution in [1.29, 1.82) is 0 Å². The van der Waals surface area contributed by atoms with Gasteiger partial charge in [-0.15, -0.1) is 0 Å². The second-order valence-electron chi connectivity index (χ2n) is 5.91. The Morgan fingerprint density at radius 1 is 1.21 bits per heavy atom. The molecule has 124 valence electrons. The van der Waals surface area contributed by atoms with Crippen molar-refractivity contribution >= 4 is 16.8 Å². The largest absolute Gasteiger partial charge is 0.396 e. The number of rotatable bonds is 7. The Hall–Kier alpha value is -2.66. The molecule has 24 heavy (non-hydrogen) atoms. The Morgan fingerprint density at radius 2 is 2.04 bits per heavy atom. The molecule has 5 heteroatoms. The highest BCUT2D eigenvalue weighted by atomic mass is 16.3. The number of carbonyl (C=O) groups is 1. The quantitative estimate of drug-likeness (QED) is 0.623. The van der Waals surface area contributed by atoms with Gasteiger partial charge in [0.2, 0.25) is 5.91 Å². The van der Waals surface area contributed by atoms with Crippen LogP contribution in [-0.4, -0.2) is 34.1 Å². The van der Waals surface area contributed by atoms with Gasteiger partial charge in [-0.1, -0.05) is 24.3 Å². The molecule has 5 nitrogen and oxygen atoms in total. The summed E-state index contributed by atoms with van der Waals surface area (Å²) in [6, 6.07) is 13.6. The van der Waals surface area contributed by atoms with Crippen LogP contribution in [0.15, 0.2) is 54.9 Å². The van der Waals surface area contributed by atoms with E-state index in [2.05, 4.69) is 15.3 Å². The predicted octanol–water partition coefficient (Wildman–Crippen LogP) is 2.07. The number of aliphatic hydroxyl groups excluding tert-OH is 1. The number of aliphatic hydroxyl groups is 1. The van der Waals surface area contributed by atoms with Crippen LogP contribution >= 0.6 is 0 Å². The molecule has 3 aromatic rings. The Morgan fingerprint density at radius 3 is 2.83 bits per heavy atom. The molecule has 0 saturated carbocycles. The molecule has 1 aromatic carbocycles. The van der Waals surface area contributed by atoms with E-state index in [4.69, 9.17) is 0 Å². The number of para-hydroxylation sites is 1. The van der Waals surface area contributed by atoms with Crippen LogP contribution in [0.5, 0.6) is 0 Å². The maximum atomic E-state index is 12.2. The first-order chi connectivity index (χ1) is 11.8. The molecule has 1 amide bonds. The van der Waals surface area contributed by atoms with Gasteiger partial charge in [0, 0.05) is 48.1 Å². The Labute approximate surface area is 140 Å². The molecule has 0 radical (unpaired) electrons. The standard InChI is InChI=1S/C19H21N3O2/c23-13-14(9-16-5-3-4-8-20-16)11-22-19(24)10-15-12-21-18-7-2-1-6-17(15)18/h1-8,12,14,21,23H,9-11,13H2,(H,22,24). The van der Waals surface area contributed by atoms with Gasteiger partial charge in [0.25, 0.3) is 0 Å². The van der Waals surface area contributed by atoms with Gasteiger partial charge < -0.3 is 15.4 Å². The van der Waals surface area contributed by atoms with Gasteiger partial charge in [-0.05, 0) is 30.2 Å².